The van der Waals surface area contributed by atoms with Crippen LogP contribution in [-0.4, -0.2) is 16.6 Å². The summed E-state index contributed by atoms with van der Waals surface area (Å²) in [5.74, 6) is 3.28. The predicted molar refractivity (Wildman–Crippen MR) is 98.2 cm³/mol. The molecule has 4 fully saturated rings. The summed E-state index contributed by atoms with van der Waals surface area (Å²) in [6, 6.07) is 5.74. The first-order chi connectivity index (χ1) is 12.7. The topological polar surface area (TPSA) is 67.2 Å². The predicted octanol–water partition coefficient (Wildman–Crippen LogP) is 4.11. The summed E-state index contributed by atoms with van der Waals surface area (Å²) in [6.45, 7) is 0.472. The van der Waals surface area contributed by atoms with Crippen molar-refractivity contribution >= 4 is 6.03 Å². The van der Waals surface area contributed by atoms with Gasteiger partial charge in [0.25, 0.3) is 0 Å². The molecular formula is C21H25N3O2. The number of nitrogens with one attached hydrogen (secondary N) is 2. The number of amides is 2. The van der Waals surface area contributed by atoms with Crippen LogP contribution in [0, 0.1) is 17.8 Å². The summed E-state index contributed by atoms with van der Waals surface area (Å²) in [6.07, 6.45) is 12.9. The van der Waals surface area contributed by atoms with Crippen LogP contribution in [0.5, 0.6) is 0 Å². The third-order valence-corrected chi connectivity index (χ3v) is 6.47. The van der Waals surface area contributed by atoms with Crippen molar-refractivity contribution in [2.24, 2.45) is 17.8 Å². The molecule has 4 saturated carbocycles. The van der Waals surface area contributed by atoms with E-state index >= 15 is 0 Å². The molecule has 0 aliphatic heterocycles. The zero-order chi connectivity index (χ0) is 17.6. The molecule has 2 heterocycles. The highest BCUT2D eigenvalue weighted by Crippen LogP contribution is 2.55. The molecule has 136 valence electrons. The summed E-state index contributed by atoms with van der Waals surface area (Å²) < 4.78 is 5.42. The van der Waals surface area contributed by atoms with Gasteiger partial charge in [-0.3, -0.25) is 4.98 Å². The Labute approximate surface area is 153 Å². The molecule has 0 aromatic carbocycles. The second-order valence-electron chi connectivity index (χ2n) is 8.56. The lowest BCUT2D eigenvalue weighted by molar-refractivity contribution is -0.0135. The number of nitrogens with zero attached hydrogens (tertiary/aromatic N) is 1. The molecule has 4 bridgehead atoms. The number of carbonyl (C=O) groups is 1. The number of aromatic nitrogens is 1. The van der Waals surface area contributed by atoms with Gasteiger partial charge in [-0.05, 0) is 80.0 Å². The first-order valence-corrected chi connectivity index (χ1v) is 9.71. The van der Waals surface area contributed by atoms with E-state index in [4.69, 9.17) is 4.42 Å². The van der Waals surface area contributed by atoms with Crippen LogP contribution in [0.25, 0.3) is 11.3 Å². The summed E-state index contributed by atoms with van der Waals surface area (Å²) in [5.41, 5.74) is 1.95. The Hall–Kier alpha value is -2.30. The van der Waals surface area contributed by atoms with Crippen LogP contribution in [-0.2, 0) is 6.54 Å². The number of hydrogen-bond donors (Lipinski definition) is 2. The van der Waals surface area contributed by atoms with Crippen molar-refractivity contribution in [2.75, 3.05) is 0 Å². The van der Waals surface area contributed by atoms with Gasteiger partial charge in [0, 0.05) is 30.0 Å². The molecule has 4 aliphatic rings. The maximum absolute atomic E-state index is 12.6. The number of carbonyl (C=O) groups excluding carboxylic acids is 1. The van der Waals surface area contributed by atoms with Gasteiger partial charge >= 0.3 is 6.03 Å². The molecular weight excluding hydrogens is 326 g/mol. The van der Waals surface area contributed by atoms with Crippen LogP contribution in [0.3, 0.4) is 0 Å². The van der Waals surface area contributed by atoms with Crippen molar-refractivity contribution in [1.82, 2.24) is 15.6 Å². The second kappa shape index (κ2) is 6.15. The minimum atomic E-state index is -0.0460. The largest absolute Gasteiger partial charge is 0.464 e. The van der Waals surface area contributed by atoms with Gasteiger partial charge in [0.1, 0.15) is 5.76 Å². The average molecular weight is 351 g/mol. The molecule has 0 atom stereocenters. The molecule has 0 saturated heterocycles. The van der Waals surface area contributed by atoms with E-state index in [0.29, 0.717) is 6.54 Å². The maximum Gasteiger partial charge on any atom is 0.315 e. The van der Waals surface area contributed by atoms with Crippen LogP contribution in [0.4, 0.5) is 4.79 Å². The zero-order valence-electron chi connectivity index (χ0n) is 14.9. The van der Waals surface area contributed by atoms with Crippen LogP contribution in [0.1, 0.15) is 44.1 Å². The lowest BCUT2D eigenvalue weighted by Gasteiger charge is -2.56. The van der Waals surface area contributed by atoms with E-state index in [0.717, 1.165) is 34.6 Å². The van der Waals surface area contributed by atoms with Crippen molar-refractivity contribution in [1.29, 1.82) is 0 Å². The molecule has 2 amide bonds. The van der Waals surface area contributed by atoms with E-state index in [1.807, 2.05) is 18.2 Å². The molecule has 26 heavy (non-hydrogen) atoms. The Morgan fingerprint density at radius 1 is 1.15 bits per heavy atom. The highest BCUT2D eigenvalue weighted by molar-refractivity contribution is 5.75. The van der Waals surface area contributed by atoms with Gasteiger partial charge in [-0.15, -0.1) is 0 Å². The lowest BCUT2D eigenvalue weighted by Crippen LogP contribution is -2.61. The fourth-order valence-electron chi connectivity index (χ4n) is 5.89. The fourth-order valence-corrected chi connectivity index (χ4v) is 5.89. The zero-order valence-corrected chi connectivity index (χ0v) is 14.9. The third kappa shape index (κ3) is 3.00. The van der Waals surface area contributed by atoms with Crippen molar-refractivity contribution in [3.63, 3.8) is 0 Å². The van der Waals surface area contributed by atoms with Gasteiger partial charge in [-0.25, -0.2) is 4.79 Å². The number of furan rings is 1. The Balaban J connectivity index is 1.21. The molecule has 2 aromatic rings. The van der Waals surface area contributed by atoms with E-state index in [1.54, 1.807) is 18.7 Å². The number of urea groups is 1. The number of pyridine rings is 1. The Morgan fingerprint density at radius 2 is 1.88 bits per heavy atom. The summed E-state index contributed by atoms with van der Waals surface area (Å²) in [7, 11) is 0. The van der Waals surface area contributed by atoms with Gasteiger partial charge in [0.15, 0.2) is 0 Å². The number of hydrogen-bond acceptors (Lipinski definition) is 3. The molecule has 0 spiro atoms. The van der Waals surface area contributed by atoms with Crippen LogP contribution in [0.15, 0.2) is 41.3 Å². The molecule has 0 unspecified atom stereocenters. The maximum atomic E-state index is 12.6. The minimum Gasteiger partial charge on any atom is -0.464 e. The quantitative estimate of drug-likeness (QED) is 0.871. The van der Waals surface area contributed by atoms with Crippen LogP contribution >= 0.6 is 0 Å². The standard InChI is InChI=1S/C21H25N3O2/c25-20(24-21-8-14-4-15(9-21)6-16(5-14)10-21)23-12-17-7-18(13-22-11-17)19-2-1-3-26-19/h1-3,7,11,13-16H,4-6,8-10,12H2,(H2,23,24,25). The van der Waals surface area contributed by atoms with Crippen LogP contribution in [0.2, 0.25) is 0 Å². The van der Waals surface area contributed by atoms with E-state index in [9.17, 15) is 4.79 Å². The van der Waals surface area contributed by atoms with E-state index in [1.165, 1.54) is 38.5 Å². The van der Waals surface area contributed by atoms with Crippen molar-refractivity contribution in [3.05, 3.63) is 42.4 Å². The molecule has 0 radical (unpaired) electrons. The van der Waals surface area contributed by atoms with Crippen molar-refractivity contribution in [2.45, 2.75) is 50.6 Å². The molecule has 5 nitrogen and oxygen atoms in total. The van der Waals surface area contributed by atoms with Gasteiger partial charge in [0.05, 0.1) is 6.26 Å². The smallest absolute Gasteiger partial charge is 0.315 e. The molecule has 6 rings (SSSR count). The van der Waals surface area contributed by atoms with Crippen LogP contribution < -0.4 is 10.6 Å². The first kappa shape index (κ1) is 15.9. The Kier molecular flexibility index (Phi) is 3.76. The number of rotatable bonds is 4. The fraction of sp³-hybridized carbons (Fsp3) is 0.524. The summed E-state index contributed by atoms with van der Waals surface area (Å²) >= 11 is 0. The SMILES string of the molecule is O=C(NCc1cncc(-c2ccco2)c1)NC12CC3CC(CC(C3)C1)C2. The second-order valence-corrected chi connectivity index (χ2v) is 8.56. The molecule has 2 aromatic heterocycles. The highest BCUT2D eigenvalue weighted by atomic mass is 16.3. The average Bonchev–Trinajstić information content (AvgIpc) is 3.13. The van der Waals surface area contributed by atoms with E-state index in [2.05, 4.69) is 15.6 Å². The van der Waals surface area contributed by atoms with Gasteiger partial charge in [-0.2, -0.15) is 0 Å². The highest BCUT2D eigenvalue weighted by Gasteiger charge is 2.51. The normalized spacial score (nSPS) is 31.8. The Morgan fingerprint density at radius 3 is 2.54 bits per heavy atom. The summed E-state index contributed by atoms with van der Waals surface area (Å²) in [4.78, 5) is 16.8. The first-order valence-electron chi connectivity index (χ1n) is 9.71. The van der Waals surface area contributed by atoms with E-state index in [-0.39, 0.29) is 11.6 Å². The molecule has 4 aliphatic carbocycles. The minimum absolute atomic E-state index is 0.0460. The van der Waals surface area contributed by atoms with E-state index < -0.39 is 0 Å². The van der Waals surface area contributed by atoms with Gasteiger partial charge < -0.3 is 15.1 Å². The van der Waals surface area contributed by atoms with Gasteiger partial charge in [0.2, 0.25) is 0 Å². The third-order valence-electron chi connectivity index (χ3n) is 6.47. The van der Waals surface area contributed by atoms with Crippen molar-refractivity contribution < 1.29 is 9.21 Å². The molecule has 2 N–H and O–H groups in total. The molecule has 5 heteroatoms. The summed E-state index contributed by atoms with van der Waals surface area (Å²) in [5, 5.41) is 6.37. The lowest BCUT2D eigenvalue weighted by atomic mass is 9.53. The monoisotopic (exact) mass is 351 g/mol. The van der Waals surface area contributed by atoms with Gasteiger partial charge in [-0.1, -0.05) is 0 Å². The van der Waals surface area contributed by atoms with Crippen molar-refractivity contribution in [3.8, 4) is 11.3 Å². The Bertz CT molecular complexity index is 764.